The van der Waals surface area contributed by atoms with Crippen LogP contribution in [-0.4, -0.2) is 16.2 Å². The third-order valence-corrected chi connectivity index (χ3v) is 5.45. The predicted molar refractivity (Wildman–Crippen MR) is 115 cm³/mol. The lowest BCUT2D eigenvalue weighted by atomic mass is 10.1. The lowest BCUT2D eigenvalue weighted by Gasteiger charge is -2.12. The van der Waals surface area contributed by atoms with E-state index in [1.165, 1.54) is 31.0 Å². The summed E-state index contributed by atoms with van der Waals surface area (Å²) in [5.41, 5.74) is 8.89. The number of pyridine rings is 1. The highest BCUT2D eigenvalue weighted by Crippen LogP contribution is 2.33. The van der Waals surface area contributed by atoms with Crippen LogP contribution in [0.1, 0.15) is 31.4 Å². The van der Waals surface area contributed by atoms with Crippen LogP contribution >= 0.6 is 11.3 Å². The molecule has 2 aromatic heterocycles. The largest absolute Gasteiger partial charge is 0.457 e. The molecule has 2 heterocycles. The molecule has 0 amide bonds. The average molecular weight is 392 g/mol. The van der Waals surface area contributed by atoms with Crippen LogP contribution in [-0.2, 0) is 0 Å². The summed E-state index contributed by atoms with van der Waals surface area (Å²) < 4.78 is 7.05. The first-order valence-electron chi connectivity index (χ1n) is 9.18. The summed E-state index contributed by atoms with van der Waals surface area (Å²) in [6, 6.07) is 9.41. The summed E-state index contributed by atoms with van der Waals surface area (Å²) in [5.74, 6) is 1.37. The summed E-state index contributed by atoms with van der Waals surface area (Å²) in [6.07, 6.45) is 11.2. The molecule has 0 fully saturated rings. The number of hydrogen-bond donors (Lipinski definition) is 3. The summed E-state index contributed by atoms with van der Waals surface area (Å²) in [7, 11) is 0. The molecule has 1 aliphatic carbocycles. The Hall–Kier alpha value is -3.19. The van der Waals surface area contributed by atoms with Crippen molar-refractivity contribution in [1.82, 2.24) is 9.97 Å². The molecule has 1 aliphatic rings. The number of nitrogens with one attached hydrogen (secondary N) is 2. The lowest BCUT2D eigenvalue weighted by molar-refractivity contribution is 0.482. The van der Waals surface area contributed by atoms with Gasteiger partial charge in [-0.1, -0.05) is 17.4 Å². The van der Waals surface area contributed by atoms with Crippen LogP contribution in [0.3, 0.4) is 0 Å². The van der Waals surface area contributed by atoms with Gasteiger partial charge in [-0.15, -0.1) is 0 Å². The molecular weight excluding hydrogens is 370 g/mol. The van der Waals surface area contributed by atoms with E-state index >= 15 is 0 Å². The molecular formula is C21H21N5OS. The molecule has 7 heteroatoms. The number of hydrogen-bond acceptors (Lipinski definition) is 7. The zero-order chi connectivity index (χ0) is 19.3. The van der Waals surface area contributed by atoms with Gasteiger partial charge in [0.2, 0.25) is 0 Å². The van der Waals surface area contributed by atoms with Crippen LogP contribution in [0.5, 0.6) is 11.5 Å². The maximum atomic E-state index is 7.40. The van der Waals surface area contributed by atoms with E-state index in [1.54, 1.807) is 29.7 Å². The van der Waals surface area contributed by atoms with Crippen LogP contribution in [0, 0.1) is 5.41 Å². The van der Waals surface area contributed by atoms with Gasteiger partial charge in [-0.05, 0) is 43.9 Å². The van der Waals surface area contributed by atoms with E-state index in [0.29, 0.717) is 17.0 Å². The molecule has 3 aromatic rings. The van der Waals surface area contributed by atoms with E-state index in [9.17, 15) is 0 Å². The van der Waals surface area contributed by atoms with Crippen LogP contribution in [0.25, 0.3) is 15.8 Å². The summed E-state index contributed by atoms with van der Waals surface area (Å²) in [5, 5.41) is 11.8. The number of nitrogens with zero attached hydrogens (tertiary/aromatic N) is 2. The lowest BCUT2D eigenvalue weighted by Crippen LogP contribution is -2.02. The normalized spacial score (nSPS) is 14.6. The molecule has 28 heavy (non-hydrogen) atoms. The fourth-order valence-corrected chi connectivity index (χ4v) is 4.01. The number of aromatic nitrogens is 2. The van der Waals surface area contributed by atoms with Gasteiger partial charge in [0.15, 0.2) is 5.13 Å². The highest BCUT2D eigenvalue weighted by atomic mass is 32.1. The summed E-state index contributed by atoms with van der Waals surface area (Å²) in [4.78, 5) is 8.90. The molecule has 0 spiro atoms. The van der Waals surface area contributed by atoms with Crippen molar-refractivity contribution in [2.45, 2.75) is 25.7 Å². The molecule has 0 aliphatic heterocycles. The summed E-state index contributed by atoms with van der Waals surface area (Å²) in [6.45, 7) is 0. The first kappa shape index (κ1) is 18.2. The average Bonchev–Trinajstić information content (AvgIpc) is 3.11. The molecule has 142 valence electrons. The Morgan fingerprint density at radius 3 is 2.89 bits per heavy atom. The van der Waals surface area contributed by atoms with E-state index in [4.69, 9.17) is 15.9 Å². The Balaban J connectivity index is 1.54. The number of thiazole rings is 1. The molecule has 0 saturated carbocycles. The quantitative estimate of drug-likeness (QED) is 0.495. The zero-order valence-corrected chi connectivity index (χ0v) is 16.1. The Bertz CT molecular complexity index is 1070. The van der Waals surface area contributed by atoms with Gasteiger partial charge >= 0.3 is 0 Å². The van der Waals surface area contributed by atoms with E-state index < -0.39 is 0 Å². The topological polar surface area (TPSA) is 96.9 Å². The number of nitrogens with two attached hydrogens (primary N) is 1. The van der Waals surface area contributed by atoms with E-state index in [2.05, 4.69) is 21.4 Å². The second kappa shape index (κ2) is 8.22. The Morgan fingerprint density at radius 1 is 1.21 bits per heavy atom. The Kier molecular flexibility index (Phi) is 5.34. The first-order valence-corrected chi connectivity index (χ1v) is 10.00. The van der Waals surface area contributed by atoms with Crippen molar-refractivity contribution in [2.75, 3.05) is 5.32 Å². The van der Waals surface area contributed by atoms with Crippen molar-refractivity contribution in [1.29, 1.82) is 5.41 Å². The fraction of sp³-hybridized carbons (Fsp3) is 0.190. The number of fused-ring (bicyclic) bond motifs is 1. The number of anilines is 1. The highest BCUT2D eigenvalue weighted by Gasteiger charge is 2.10. The molecule has 4 N–H and O–H groups in total. The number of allylic oxidation sites excluding steroid dienone is 3. The minimum Gasteiger partial charge on any atom is -0.457 e. The van der Waals surface area contributed by atoms with Crippen LogP contribution in [0.15, 0.2) is 54.5 Å². The van der Waals surface area contributed by atoms with Gasteiger partial charge < -0.3 is 21.2 Å². The van der Waals surface area contributed by atoms with E-state index in [0.717, 1.165) is 33.9 Å². The molecule has 6 nitrogen and oxygen atoms in total. The molecule has 4 rings (SSSR count). The van der Waals surface area contributed by atoms with Gasteiger partial charge in [-0.2, -0.15) is 0 Å². The molecule has 0 saturated heterocycles. The molecule has 1 aromatic carbocycles. The minimum atomic E-state index is 0.538. The van der Waals surface area contributed by atoms with Crippen molar-refractivity contribution in [2.24, 2.45) is 5.73 Å². The monoisotopic (exact) mass is 391 g/mol. The van der Waals surface area contributed by atoms with Crippen molar-refractivity contribution in [3.8, 4) is 11.5 Å². The maximum absolute atomic E-state index is 7.40. The number of ether oxygens (including phenoxy) is 1. The van der Waals surface area contributed by atoms with Crippen molar-refractivity contribution >= 4 is 38.5 Å². The zero-order valence-electron chi connectivity index (χ0n) is 15.3. The molecule has 0 bridgehead atoms. The third-order valence-electron chi connectivity index (χ3n) is 4.52. The van der Waals surface area contributed by atoms with Crippen LogP contribution in [0.4, 0.5) is 5.13 Å². The van der Waals surface area contributed by atoms with Gasteiger partial charge in [0.1, 0.15) is 11.5 Å². The SMILES string of the molecule is N=CC(=CN)c1cc(Oc2ccc3nc(NC4=CCCCC4)sc3c2)ccn1. The fourth-order valence-electron chi connectivity index (χ4n) is 3.09. The van der Waals surface area contributed by atoms with Gasteiger partial charge in [0.25, 0.3) is 0 Å². The molecule has 0 atom stereocenters. The van der Waals surface area contributed by atoms with E-state index in [-0.39, 0.29) is 0 Å². The minimum absolute atomic E-state index is 0.538. The maximum Gasteiger partial charge on any atom is 0.188 e. The van der Waals surface area contributed by atoms with Crippen molar-refractivity contribution in [3.63, 3.8) is 0 Å². The number of rotatable bonds is 6. The smallest absolute Gasteiger partial charge is 0.188 e. The van der Waals surface area contributed by atoms with Gasteiger partial charge in [-0.25, -0.2) is 4.98 Å². The van der Waals surface area contributed by atoms with Gasteiger partial charge in [-0.3, -0.25) is 4.98 Å². The Labute approximate surface area is 167 Å². The molecule has 0 radical (unpaired) electrons. The highest BCUT2D eigenvalue weighted by molar-refractivity contribution is 7.22. The van der Waals surface area contributed by atoms with E-state index in [1.807, 2.05) is 18.2 Å². The second-order valence-corrected chi connectivity index (χ2v) is 7.52. The van der Waals surface area contributed by atoms with Gasteiger partial charge in [0.05, 0.1) is 15.9 Å². The second-order valence-electron chi connectivity index (χ2n) is 6.49. The summed E-state index contributed by atoms with van der Waals surface area (Å²) >= 11 is 1.62. The predicted octanol–water partition coefficient (Wildman–Crippen LogP) is 5.30. The Morgan fingerprint density at radius 2 is 2.11 bits per heavy atom. The van der Waals surface area contributed by atoms with Gasteiger partial charge in [0, 0.05) is 42.0 Å². The first-order chi connectivity index (χ1) is 13.7. The third kappa shape index (κ3) is 4.04. The van der Waals surface area contributed by atoms with Crippen molar-refractivity contribution in [3.05, 3.63) is 60.2 Å². The van der Waals surface area contributed by atoms with Crippen LogP contribution in [0.2, 0.25) is 0 Å². The molecule has 0 unspecified atom stereocenters. The van der Waals surface area contributed by atoms with Crippen molar-refractivity contribution < 1.29 is 4.74 Å². The number of benzene rings is 1. The van der Waals surface area contributed by atoms with Crippen LogP contribution < -0.4 is 15.8 Å². The standard InChI is InChI=1S/C21H21N5OS/c22-12-14(13-23)19-10-17(8-9-24-19)27-16-6-7-18-20(11-16)28-21(26-18)25-15-4-2-1-3-5-15/h4,6-13,22H,1-3,5,23H2,(H,25,26).